The van der Waals surface area contributed by atoms with Gasteiger partial charge < -0.3 is 14.6 Å². The van der Waals surface area contributed by atoms with Crippen molar-refractivity contribution in [2.75, 3.05) is 18.6 Å². The summed E-state index contributed by atoms with van der Waals surface area (Å²) in [5, 5.41) is 22.6. The zero-order valence-electron chi connectivity index (χ0n) is 26.9. The maximum absolute atomic E-state index is 14.6. The van der Waals surface area contributed by atoms with Crippen LogP contribution in [0, 0.1) is 18.7 Å². The first-order valence-electron chi connectivity index (χ1n) is 15.5. The van der Waals surface area contributed by atoms with E-state index < -0.39 is 29.3 Å². The van der Waals surface area contributed by atoms with Crippen LogP contribution < -0.4 is 14.4 Å². The fraction of sp³-hybridized carbons (Fsp3) is 0.243. The minimum atomic E-state index is -1.10. The highest BCUT2D eigenvalue weighted by molar-refractivity contribution is 8.00. The quantitative estimate of drug-likeness (QED) is 0.0486. The number of Topliss-reactive ketones (excluding diaryl/α,β-unsaturated/α-hetero) is 1. The Balaban J connectivity index is 1.39. The molecule has 48 heavy (non-hydrogen) atoms. The van der Waals surface area contributed by atoms with Crippen LogP contribution in [-0.2, 0) is 15.3 Å². The molecule has 1 aromatic heterocycles. The molecule has 0 radical (unpaired) electrons. The van der Waals surface area contributed by atoms with Crippen molar-refractivity contribution >= 4 is 56.5 Å². The fourth-order valence-corrected chi connectivity index (χ4v) is 7.41. The third-order valence-electron chi connectivity index (χ3n) is 8.18. The van der Waals surface area contributed by atoms with E-state index in [4.69, 9.17) is 9.47 Å². The molecule has 6 rings (SSSR count). The van der Waals surface area contributed by atoms with Crippen molar-refractivity contribution in [2.45, 2.75) is 43.3 Å². The van der Waals surface area contributed by atoms with Gasteiger partial charge >= 0.3 is 5.91 Å². The number of halogens is 1. The third kappa shape index (κ3) is 6.65. The SMILES string of the molecule is COc1cc(C2/C(=C(\O)c3ccc(C)c(F)c3)C(=O)C(=O)N2c2nnc(SCc3cccc4ccccc34)s2)ccc1OCCC(C)C. The summed E-state index contributed by atoms with van der Waals surface area (Å²) in [5.41, 5.74) is 1.85. The molecular weight excluding hydrogens is 650 g/mol. The summed E-state index contributed by atoms with van der Waals surface area (Å²) >= 11 is 2.65. The second-order valence-corrected chi connectivity index (χ2v) is 14.0. The molecule has 0 aliphatic carbocycles. The second kappa shape index (κ2) is 14.2. The summed E-state index contributed by atoms with van der Waals surface area (Å²) < 4.78 is 26.8. The van der Waals surface area contributed by atoms with Crippen molar-refractivity contribution in [3.05, 3.63) is 113 Å². The van der Waals surface area contributed by atoms with Crippen LogP contribution in [0.25, 0.3) is 16.5 Å². The molecule has 11 heteroatoms. The maximum atomic E-state index is 14.6. The van der Waals surface area contributed by atoms with E-state index in [1.807, 2.05) is 18.2 Å². The third-order valence-corrected chi connectivity index (χ3v) is 10.3. The predicted octanol–water partition coefficient (Wildman–Crippen LogP) is 8.49. The Morgan fingerprint density at radius 3 is 2.58 bits per heavy atom. The van der Waals surface area contributed by atoms with Crippen LogP contribution in [0.15, 0.2) is 88.8 Å². The van der Waals surface area contributed by atoms with E-state index in [1.54, 1.807) is 25.1 Å². The van der Waals surface area contributed by atoms with Crippen molar-refractivity contribution in [1.82, 2.24) is 10.2 Å². The number of nitrogens with zero attached hydrogens (tertiary/aromatic N) is 3. The van der Waals surface area contributed by atoms with Gasteiger partial charge in [-0.15, -0.1) is 10.2 Å². The molecule has 0 saturated carbocycles. The van der Waals surface area contributed by atoms with Gasteiger partial charge in [0.2, 0.25) is 5.13 Å². The smallest absolute Gasteiger partial charge is 0.301 e. The highest BCUT2D eigenvalue weighted by Gasteiger charge is 2.48. The molecule has 1 aliphatic heterocycles. The summed E-state index contributed by atoms with van der Waals surface area (Å²) in [7, 11) is 1.50. The van der Waals surface area contributed by atoms with Gasteiger partial charge in [-0.3, -0.25) is 14.5 Å². The molecule has 1 aliphatic rings. The van der Waals surface area contributed by atoms with Crippen LogP contribution >= 0.6 is 23.1 Å². The van der Waals surface area contributed by atoms with Gasteiger partial charge in [-0.25, -0.2) is 4.39 Å². The van der Waals surface area contributed by atoms with E-state index in [9.17, 15) is 19.1 Å². The van der Waals surface area contributed by atoms with Crippen LogP contribution in [-0.4, -0.2) is 40.7 Å². The van der Waals surface area contributed by atoms with Gasteiger partial charge in [0.25, 0.3) is 5.78 Å². The van der Waals surface area contributed by atoms with Gasteiger partial charge in [0.1, 0.15) is 11.6 Å². The monoisotopic (exact) mass is 683 g/mol. The lowest BCUT2D eigenvalue weighted by molar-refractivity contribution is -0.132. The molecule has 0 spiro atoms. The average Bonchev–Trinajstić information content (AvgIpc) is 3.66. The van der Waals surface area contributed by atoms with Gasteiger partial charge in [0.15, 0.2) is 15.8 Å². The maximum Gasteiger partial charge on any atom is 0.301 e. The van der Waals surface area contributed by atoms with Gasteiger partial charge in [0, 0.05) is 11.3 Å². The number of ketones is 1. The van der Waals surface area contributed by atoms with Crippen molar-refractivity contribution in [1.29, 1.82) is 0 Å². The number of ether oxygens (including phenoxy) is 2. The molecule has 8 nitrogen and oxygen atoms in total. The van der Waals surface area contributed by atoms with Crippen molar-refractivity contribution in [3.63, 3.8) is 0 Å². The number of carbonyl (C=O) groups excluding carboxylic acids is 2. The van der Waals surface area contributed by atoms with Crippen LogP contribution in [0.5, 0.6) is 11.5 Å². The molecule has 1 fully saturated rings. The number of anilines is 1. The Morgan fingerprint density at radius 2 is 1.81 bits per heavy atom. The van der Waals surface area contributed by atoms with E-state index in [2.05, 4.69) is 48.3 Å². The summed E-state index contributed by atoms with van der Waals surface area (Å²) in [6.45, 7) is 6.29. The van der Waals surface area contributed by atoms with Crippen LogP contribution in [0.4, 0.5) is 9.52 Å². The molecule has 5 aromatic rings. The molecule has 1 N–H and O–H groups in total. The van der Waals surface area contributed by atoms with Crippen LogP contribution in [0.3, 0.4) is 0 Å². The van der Waals surface area contributed by atoms with Crippen LogP contribution in [0.2, 0.25) is 0 Å². The van der Waals surface area contributed by atoms with Crippen LogP contribution in [0.1, 0.15) is 48.6 Å². The standard InChI is InChI=1S/C37H34FN3O5S2/c1-21(2)16-17-46-29-15-14-24(19-30(29)45-4)32-31(33(42)25-13-12-22(3)28(38)18-25)34(43)35(44)41(32)36-39-40-37(48-36)47-20-26-10-7-9-23-8-5-6-11-27(23)26/h5-15,18-19,21,32,42H,16-17,20H2,1-4H3/b33-31+. The average molecular weight is 684 g/mol. The largest absolute Gasteiger partial charge is 0.507 e. The van der Waals surface area contributed by atoms with Gasteiger partial charge in [-0.1, -0.05) is 97.6 Å². The molecule has 2 heterocycles. The minimum absolute atomic E-state index is 0.0744. The van der Waals surface area contributed by atoms with Gasteiger partial charge in [0.05, 0.1) is 25.3 Å². The number of hydrogen-bond acceptors (Lipinski definition) is 9. The molecule has 1 amide bonds. The number of benzene rings is 4. The summed E-state index contributed by atoms with van der Waals surface area (Å²) in [6.07, 6.45) is 0.843. The number of fused-ring (bicyclic) bond motifs is 1. The number of thioether (sulfide) groups is 1. The molecule has 0 bridgehead atoms. The van der Waals surface area contributed by atoms with Crippen molar-refractivity contribution < 1.29 is 28.6 Å². The molecule has 1 saturated heterocycles. The van der Waals surface area contributed by atoms with Crippen molar-refractivity contribution in [2.24, 2.45) is 5.92 Å². The highest BCUT2D eigenvalue weighted by Crippen LogP contribution is 2.46. The number of rotatable bonds is 11. The Bertz CT molecular complexity index is 2040. The zero-order valence-corrected chi connectivity index (χ0v) is 28.5. The molecule has 246 valence electrons. The number of aliphatic hydroxyl groups is 1. The number of amides is 1. The number of aryl methyl sites for hydroxylation is 1. The van der Waals surface area contributed by atoms with E-state index in [1.165, 1.54) is 47.2 Å². The molecule has 1 unspecified atom stereocenters. The van der Waals surface area contributed by atoms with E-state index in [0.29, 0.717) is 45.2 Å². The van der Waals surface area contributed by atoms with Gasteiger partial charge in [-0.2, -0.15) is 0 Å². The lowest BCUT2D eigenvalue weighted by Gasteiger charge is -2.23. The Morgan fingerprint density at radius 1 is 1.02 bits per heavy atom. The minimum Gasteiger partial charge on any atom is -0.507 e. The highest BCUT2D eigenvalue weighted by atomic mass is 32.2. The molecular formula is C37H34FN3O5S2. The van der Waals surface area contributed by atoms with Gasteiger partial charge in [-0.05, 0) is 64.9 Å². The first-order valence-corrected chi connectivity index (χ1v) is 17.3. The fourth-order valence-electron chi connectivity index (χ4n) is 5.54. The summed E-state index contributed by atoms with van der Waals surface area (Å²) in [6, 6.07) is 22.4. The number of aliphatic hydroxyl groups excluding tert-OH is 1. The lowest BCUT2D eigenvalue weighted by Crippen LogP contribution is -2.29. The summed E-state index contributed by atoms with van der Waals surface area (Å²) in [5.74, 6) is -0.885. The number of hydrogen-bond donors (Lipinski definition) is 1. The lowest BCUT2D eigenvalue weighted by atomic mass is 9.94. The number of carbonyl (C=O) groups is 2. The Labute approximate surface area is 286 Å². The first-order chi connectivity index (χ1) is 23.2. The molecule has 1 atom stereocenters. The predicted molar refractivity (Wildman–Crippen MR) is 187 cm³/mol. The number of aromatic nitrogens is 2. The van der Waals surface area contributed by atoms with E-state index >= 15 is 0 Å². The summed E-state index contributed by atoms with van der Waals surface area (Å²) in [4.78, 5) is 28.7. The molecule has 4 aromatic carbocycles. The zero-order chi connectivity index (χ0) is 33.9. The van der Waals surface area contributed by atoms with E-state index in [-0.39, 0.29) is 16.3 Å². The Kier molecular flexibility index (Phi) is 9.79. The topological polar surface area (TPSA) is 102 Å². The second-order valence-electron chi connectivity index (χ2n) is 11.9. The number of methoxy groups -OCH3 is 1. The normalized spacial score (nSPS) is 15.9. The van der Waals surface area contributed by atoms with E-state index in [0.717, 1.165) is 28.8 Å². The van der Waals surface area contributed by atoms with Crippen molar-refractivity contribution in [3.8, 4) is 11.5 Å². The Hall–Kier alpha value is -4.74. The first kappa shape index (κ1) is 33.2.